The number of nitro groups is 1. The van der Waals surface area contributed by atoms with Crippen LogP contribution in [-0.4, -0.2) is 23.7 Å². The highest BCUT2D eigenvalue weighted by molar-refractivity contribution is 5.82. The smallest absolute Gasteiger partial charge is 0.270 e. The van der Waals surface area contributed by atoms with Crippen molar-refractivity contribution in [2.45, 2.75) is 26.3 Å². The molecule has 2 aromatic rings. The van der Waals surface area contributed by atoms with Crippen molar-refractivity contribution in [1.29, 1.82) is 0 Å². The lowest BCUT2D eigenvalue weighted by molar-refractivity contribution is -0.384. The van der Waals surface area contributed by atoms with Gasteiger partial charge in [0.15, 0.2) is 12.9 Å². The Morgan fingerprint density at radius 3 is 2.54 bits per heavy atom. The summed E-state index contributed by atoms with van der Waals surface area (Å²) in [6.45, 7) is 3.64. The van der Waals surface area contributed by atoms with E-state index < -0.39 is 4.92 Å². The fourth-order valence-electron chi connectivity index (χ4n) is 2.42. The lowest BCUT2D eigenvalue weighted by Gasteiger charge is -2.15. The van der Waals surface area contributed by atoms with Crippen LogP contribution >= 0.6 is 0 Å². The zero-order valence-electron chi connectivity index (χ0n) is 14.6. The number of amides is 1. The Morgan fingerprint density at radius 2 is 1.96 bits per heavy atom. The summed E-state index contributed by atoms with van der Waals surface area (Å²) < 4.78 is 5.33. The molecule has 0 fully saturated rings. The van der Waals surface area contributed by atoms with Gasteiger partial charge in [0.25, 0.3) is 11.6 Å². The number of carbonyl (C=O) groups is 2. The maximum atomic E-state index is 12.1. The van der Waals surface area contributed by atoms with E-state index in [1.165, 1.54) is 17.7 Å². The number of aldehydes is 1. The number of rotatable bonds is 8. The molecule has 0 radical (unpaired) electrons. The maximum Gasteiger partial charge on any atom is 0.270 e. The summed E-state index contributed by atoms with van der Waals surface area (Å²) in [6.07, 6.45) is 1.40. The highest BCUT2D eigenvalue weighted by Crippen LogP contribution is 2.22. The summed E-state index contributed by atoms with van der Waals surface area (Å²) >= 11 is 0. The Kier molecular flexibility index (Phi) is 6.43. The van der Waals surface area contributed by atoms with Gasteiger partial charge in [0.2, 0.25) is 0 Å². The first-order valence-corrected chi connectivity index (χ1v) is 8.19. The van der Waals surface area contributed by atoms with Crippen LogP contribution in [0.15, 0.2) is 42.5 Å². The molecule has 26 heavy (non-hydrogen) atoms. The molecule has 0 bridgehead atoms. The number of nitro benzene ring substituents is 1. The highest BCUT2D eigenvalue weighted by atomic mass is 16.6. The van der Waals surface area contributed by atoms with E-state index >= 15 is 0 Å². The topological polar surface area (TPSA) is 98.5 Å². The van der Waals surface area contributed by atoms with Crippen LogP contribution in [0.25, 0.3) is 0 Å². The second kappa shape index (κ2) is 8.75. The van der Waals surface area contributed by atoms with Crippen molar-refractivity contribution in [3.05, 3.63) is 69.3 Å². The van der Waals surface area contributed by atoms with Crippen LogP contribution < -0.4 is 10.1 Å². The first-order valence-electron chi connectivity index (χ1n) is 8.19. The predicted octanol–water partition coefficient (Wildman–Crippen LogP) is 3.23. The van der Waals surface area contributed by atoms with Gasteiger partial charge < -0.3 is 10.1 Å². The quantitative estimate of drug-likeness (QED) is 0.445. The molecule has 7 heteroatoms. The van der Waals surface area contributed by atoms with E-state index in [2.05, 4.69) is 12.2 Å². The van der Waals surface area contributed by atoms with E-state index in [0.717, 1.165) is 18.1 Å². The monoisotopic (exact) mass is 356 g/mol. The number of carbonyl (C=O) groups excluding carboxylic acids is 2. The molecule has 0 aliphatic rings. The van der Waals surface area contributed by atoms with Crippen LogP contribution in [0.2, 0.25) is 0 Å². The second-order valence-electron chi connectivity index (χ2n) is 5.77. The number of hydrogen-bond acceptors (Lipinski definition) is 5. The Bertz CT molecular complexity index is 802. The molecule has 2 rings (SSSR count). The average molecular weight is 356 g/mol. The van der Waals surface area contributed by atoms with Crippen molar-refractivity contribution in [3.8, 4) is 5.75 Å². The van der Waals surface area contributed by atoms with E-state index in [1.54, 1.807) is 0 Å². The molecule has 0 heterocycles. The van der Waals surface area contributed by atoms with E-state index in [-0.39, 0.29) is 35.6 Å². The molecular formula is C19H20N2O5. The number of hydrogen-bond donors (Lipinski definition) is 1. The Morgan fingerprint density at radius 1 is 1.27 bits per heavy atom. The molecule has 2 aromatic carbocycles. The third kappa shape index (κ3) is 4.89. The minimum atomic E-state index is -0.602. The fourth-order valence-corrected chi connectivity index (χ4v) is 2.42. The SMILES string of the molecule is CCc1ccc(C(C)NC(=O)COc2ccc([N+](=O)[O-])cc2C=O)cc1. The highest BCUT2D eigenvalue weighted by Gasteiger charge is 2.14. The van der Waals surface area contributed by atoms with Gasteiger partial charge in [0.05, 0.1) is 16.5 Å². The first kappa shape index (κ1) is 19.1. The third-order valence-electron chi connectivity index (χ3n) is 3.96. The van der Waals surface area contributed by atoms with Gasteiger partial charge >= 0.3 is 0 Å². The molecule has 1 N–H and O–H groups in total. The average Bonchev–Trinajstić information content (AvgIpc) is 2.66. The Balaban J connectivity index is 1.95. The van der Waals surface area contributed by atoms with Crippen LogP contribution in [0.1, 0.15) is 41.4 Å². The lowest BCUT2D eigenvalue weighted by Crippen LogP contribution is -2.31. The van der Waals surface area contributed by atoms with E-state index in [1.807, 2.05) is 31.2 Å². The Hall–Kier alpha value is -3.22. The molecule has 1 atom stereocenters. The first-order chi connectivity index (χ1) is 12.4. The number of ether oxygens (including phenoxy) is 1. The fraction of sp³-hybridized carbons (Fsp3) is 0.263. The lowest BCUT2D eigenvalue weighted by atomic mass is 10.1. The zero-order chi connectivity index (χ0) is 19.1. The van der Waals surface area contributed by atoms with Gasteiger partial charge in [0, 0.05) is 12.1 Å². The predicted molar refractivity (Wildman–Crippen MR) is 96.4 cm³/mol. The van der Waals surface area contributed by atoms with Gasteiger partial charge in [-0.3, -0.25) is 19.7 Å². The normalized spacial score (nSPS) is 11.5. The number of nitrogens with zero attached hydrogens (tertiary/aromatic N) is 1. The Labute approximate surface area is 151 Å². The summed E-state index contributed by atoms with van der Waals surface area (Å²) in [6, 6.07) is 11.4. The minimum absolute atomic E-state index is 0.0233. The van der Waals surface area contributed by atoms with Crippen LogP contribution in [0.5, 0.6) is 5.75 Å². The van der Waals surface area contributed by atoms with Crippen LogP contribution in [0.3, 0.4) is 0 Å². The number of nitrogens with one attached hydrogen (secondary N) is 1. The summed E-state index contributed by atoms with van der Waals surface area (Å²) in [7, 11) is 0. The van der Waals surface area contributed by atoms with Gasteiger partial charge in [-0.15, -0.1) is 0 Å². The van der Waals surface area contributed by atoms with Crippen LogP contribution in [0.4, 0.5) is 5.69 Å². The van der Waals surface area contributed by atoms with E-state index in [4.69, 9.17) is 4.74 Å². The number of aryl methyl sites for hydroxylation is 1. The second-order valence-corrected chi connectivity index (χ2v) is 5.77. The van der Waals surface area contributed by atoms with Gasteiger partial charge in [-0.05, 0) is 30.5 Å². The largest absolute Gasteiger partial charge is 0.483 e. The number of non-ortho nitro benzene ring substituents is 1. The standard InChI is InChI=1S/C19H20N2O5/c1-3-14-4-6-15(7-5-14)13(2)20-19(23)12-26-18-9-8-17(21(24)25)10-16(18)11-22/h4-11,13H,3,12H2,1-2H3,(H,20,23). The third-order valence-corrected chi connectivity index (χ3v) is 3.96. The molecule has 1 unspecified atom stereocenters. The maximum absolute atomic E-state index is 12.1. The van der Waals surface area contributed by atoms with Crippen molar-refractivity contribution in [2.75, 3.05) is 6.61 Å². The molecule has 0 aromatic heterocycles. The molecule has 7 nitrogen and oxygen atoms in total. The van der Waals surface area contributed by atoms with E-state index in [9.17, 15) is 19.7 Å². The van der Waals surface area contributed by atoms with Gasteiger partial charge in [-0.1, -0.05) is 31.2 Å². The summed E-state index contributed by atoms with van der Waals surface area (Å²) in [5.41, 5.74) is 2.00. The van der Waals surface area contributed by atoms with Gasteiger partial charge in [-0.25, -0.2) is 0 Å². The van der Waals surface area contributed by atoms with Crippen LogP contribution in [-0.2, 0) is 11.2 Å². The van der Waals surface area contributed by atoms with Crippen molar-refractivity contribution >= 4 is 17.9 Å². The number of benzene rings is 2. The molecule has 0 saturated carbocycles. The van der Waals surface area contributed by atoms with Crippen molar-refractivity contribution < 1.29 is 19.2 Å². The van der Waals surface area contributed by atoms with Gasteiger partial charge in [0.1, 0.15) is 5.75 Å². The van der Waals surface area contributed by atoms with Crippen LogP contribution in [0, 0.1) is 10.1 Å². The van der Waals surface area contributed by atoms with Crippen molar-refractivity contribution in [1.82, 2.24) is 5.32 Å². The summed E-state index contributed by atoms with van der Waals surface area (Å²) in [5, 5.41) is 13.5. The zero-order valence-corrected chi connectivity index (χ0v) is 14.6. The molecule has 1 amide bonds. The molecule has 0 aliphatic heterocycles. The minimum Gasteiger partial charge on any atom is -0.483 e. The molecule has 0 aliphatic carbocycles. The molecule has 136 valence electrons. The molecular weight excluding hydrogens is 336 g/mol. The van der Waals surface area contributed by atoms with Crippen molar-refractivity contribution in [3.63, 3.8) is 0 Å². The molecule has 0 spiro atoms. The van der Waals surface area contributed by atoms with Gasteiger partial charge in [-0.2, -0.15) is 0 Å². The molecule has 0 saturated heterocycles. The van der Waals surface area contributed by atoms with Crippen molar-refractivity contribution in [2.24, 2.45) is 0 Å². The van der Waals surface area contributed by atoms with E-state index in [0.29, 0.717) is 6.29 Å². The summed E-state index contributed by atoms with van der Waals surface area (Å²) in [5.74, 6) is -0.229. The summed E-state index contributed by atoms with van der Waals surface area (Å²) in [4.78, 5) is 33.2.